The zero-order chi connectivity index (χ0) is 13.4. The molecule has 0 atom stereocenters. The summed E-state index contributed by atoms with van der Waals surface area (Å²) in [5.41, 5.74) is 6.23. The van der Waals surface area contributed by atoms with E-state index in [2.05, 4.69) is 72.4 Å². The van der Waals surface area contributed by atoms with E-state index < -0.39 is 0 Å². The molecule has 0 aliphatic heterocycles. The smallest absolute Gasteiger partial charge is 0.0480 e. The van der Waals surface area contributed by atoms with Crippen molar-refractivity contribution in [1.82, 2.24) is 4.57 Å². The Morgan fingerprint density at radius 3 is 2.26 bits per heavy atom. The molecule has 2 heteroatoms. The van der Waals surface area contributed by atoms with Gasteiger partial charge in [-0.05, 0) is 48.4 Å². The third-order valence-electron chi connectivity index (χ3n) is 3.79. The van der Waals surface area contributed by atoms with Crippen LogP contribution in [0.15, 0.2) is 48.5 Å². The molecule has 0 amide bonds. The number of hydrogen-bond acceptors (Lipinski definition) is 1. The van der Waals surface area contributed by atoms with Gasteiger partial charge in [0.25, 0.3) is 0 Å². The zero-order valence-electron chi connectivity index (χ0n) is 11.6. The molecule has 0 aliphatic rings. The van der Waals surface area contributed by atoms with Gasteiger partial charge in [0.2, 0.25) is 0 Å². The summed E-state index contributed by atoms with van der Waals surface area (Å²) in [6, 6.07) is 17.4. The number of benzene rings is 2. The number of aryl methyl sites for hydroxylation is 2. The molecular weight excluding hydrogens is 232 g/mol. The molecule has 0 spiro atoms. The molecule has 19 heavy (non-hydrogen) atoms. The van der Waals surface area contributed by atoms with Gasteiger partial charge < -0.3 is 9.88 Å². The average molecular weight is 250 g/mol. The van der Waals surface area contributed by atoms with Crippen LogP contribution in [0, 0.1) is 6.92 Å². The summed E-state index contributed by atoms with van der Waals surface area (Å²) in [7, 11) is 4.05. The SMILES string of the molecule is CNc1ccc(-c2ccc3c(c2)cc(C)n3C)cc1. The minimum Gasteiger partial charge on any atom is -0.388 e. The van der Waals surface area contributed by atoms with Crippen LogP contribution in [0.3, 0.4) is 0 Å². The van der Waals surface area contributed by atoms with Gasteiger partial charge in [0.15, 0.2) is 0 Å². The van der Waals surface area contributed by atoms with Gasteiger partial charge >= 0.3 is 0 Å². The zero-order valence-corrected chi connectivity index (χ0v) is 11.6. The Balaban J connectivity index is 2.09. The maximum Gasteiger partial charge on any atom is 0.0480 e. The van der Waals surface area contributed by atoms with E-state index >= 15 is 0 Å². The lowest BCUT2D eigenvalue weighted by Gasteiger charge is -2.05. The first-order chi connectivity index (χ1) is 9.19. The summed E-state index contributed by atoms with van der Waals surface area (Å²) in [5.74, 6) is 0. The van der Waals surface area contributed by atoms with Crippen molar-refractivity contribution in [3.8, 4) is 11.1 Å². The molecule has 3 rings (SSSR count). The minimum absolute atomic E-state index is 1.14. The molecule has 0 saturated heterocycles. The molecule has 0 saturated carbocycles. The summed E-state index contributed by atoms with van der Waals surface area (Å²) in [6.07, 6.45) is 0. The Hall–Kier alpha value is -2.22. The molecular formula is C17H18N2. The van der Waals surface area contributed by atoms with Crippen molar-refractivity contribution in [2.24, 2.45) is 7.05 Å². The van der Waals surface area contributed by atoms with Gasteiger partial charge in [-0.1, -0.05) is 18.2 Å². The fraction of sp³-hybridized carbons (Fsp3) is 0.176. The van der Waals surface area contributed by atoms with Gasteiger partial charge in [0.1, 0.15) is 0 Å². The van der Waals surface area contributed by atoms with E-state index in [1.807, 2.05) is 7.05 Å². The maximum absolute atomic E-state index is 3.14. The normalized spacial score (nSPS) is 10.9. The number of anilines is 1. The Kier molecular flexibility index (Phi) is 2.79. The largest absolute Gasteiger partial charge is 0.388 e. The molecule has 0 aliphatic carbocycles. The maximum atomic E-state index is 3.14. The molecule has 0 unspecified atom stereocenters. The van der Waals surface area contributed by atoms with E-state index in [9.17, 15) is 0 Å². The highest BCUT2D eigenvalue weighted by molar-refractivity contribution is 5.86. The van der Waals surface area contributed by atoms with Crippen LogP contribution in [-0.2, 0) is 7.05 Å². The van der Waals surface area contributed by atoms with Crippen molar-refractivity contribution in [2.75, 3.05) is 12.4 Å². The van der Waals surface area contributed by atoms with Gasteiger partial charge in [-0.25, -0.2) is 0 Å². The molecule has 2 aromatic carbocycles. The van der Waals surface area contributed by atoms with Crippen LogP contribution in [0.2, 0.25) is 0 Å². The highest BCUT2D eigenvalue weighted by Gasteiger charge is 2.04. The lowest BCUT2D eigenvalue weighted by atomic mass is 10.0. The van der Waals surface area contributed by atoms with Gasteiger partial charge in [0, 0.05) is 36.4 Å². The number of nitrogens with one attached hydrogen (secondary N) is 1. The fourth-order valence-corrected chi connectivity index (χ4v) is 2.50. The van der Waals surface area contributed by atoms with Crippen molar-refractivity contribution < 1.29 is 0 Å². The summed E-state index contributed by atoms with van der Waals surface area (Å²) >= 11 is 0. The van der Waals surface area contributed by atoms with E-state index in [4.69, 9.17) is 0 Å². The second kappa shape index (κ2) is 4.47. The standard InChI is InChI=1S/C17H18N2/c1-12-10-15-11-14(6-9-17(15)19(12)3)13-4-7-16(18-2)8-5-13/h4-11,18H,1-3H3. The summed E-state index contributed by atoms with van der Waals surface area (Å²) < 4.78 is 2.23. The lowest BCUT2D eigenvalue weighted by molar-refractivity contribution is 0.918. The van der Waals surface area contributed by atoms with Crippen LogP contribution < -0.4 is 5.32 Å². The first kappa shape index (κ1) is 11.8. The van der Waals surface area contributed by atoms with Crippen molar-refractivity contribution in [1.29, 1.82) is 0 Å². The molecule has 96 valence electrons. The highest BCUT2D eigenvalue weighted by atomic mass is 14.9. The van der Waals surface area contributed by atoms with Crippen molar-refractivity contribution in [3.63, 3.8) is 0 Å². The molecule has 1 N–H and O–H groups in total. The first-order valence-electron chi connectivity index (χ1n) is 6.53. The molecule has 1 heterocycles. The lowest BCUT2D eigenvalue weighted by Crippen LogP contribution is -1.89. The summed E-state index contributed by atoms with van der Waals surface area (Å²) in [4.78, 5) is 0. The second-order valence-electron chi connectivity index (χ2n) is 4.95. The minimum atomic E-state index is 1.14. The third kappa shape index (κ3) is 1.99. The molecule has 1 aromatic heterocycles. The Labute approximate surface area is 113 Å². The van der Waals surface area contributed by atoms with E-state index in [0.717, 1.165) is 5.69 Å². The summed E-state index contributed by atoms with van der Waals surface area (Å²) in [6.45, 7) is 2.14. The second-order valence-corrected chi connectivity index (χ2v) is 4.95. The number of nitrogens with zero attached hydrogens (tertiary/aromatic N) is 1. The van der Waals surface area contributed by atoms with Crippen LogP contribution in [-0.4, -0.2) is 11.6 Å². The highest BCUT2D eigenvalue weighted by Crippen LogP contribution is 2.27. The van der Waals surface area contributed by atoms with Gasteiger partial charge in [-0.3, -0.25) is 0 Å². The van der Waals surface area contributed by atoms with Crippen molar-refractivity contribution in [3.05, 3.63) is 54.2 Å². The van der Waals surface area contributed by atoms with E-state index in [-0.39, 0.29) is 0 Å². The first-order valence-corrected chi connectivity index (χ1v) is 6.53. The van der Waals surface area contributed by atoms with Crippen LogP contribution in [0.5, 0.6) is 0 Å². The predicted molar refractivity (Wildman–Crippen MR) is 82.6 cm³/mol. The van der Waals surface area contributed by atoms with Crippen LogP contribution in [0.1, 0.15) is 5.69 Å². The summed E-state index contributed by atoms with van der Waals surface area (Å²) in [5, 5.41) is 4.44. The number of fused-ring (bicyclic) bond motifs is 1. The van der Waals surface area contributed by atoms with Gasteiger partial charge in [-0.2, -0.15) is 0 Å². The molecule has 0 bridgehead atoms. The van der Waals surface area contributed by atoms with E-state index in [1.165, 1.54) is 27.7 Å². The van der Waals surface area contributed by atoms with Crippen molar-refractivity contribution >= 4 is 16.6 Å². The molecule has 3 aromatic rings. The Morgan fingerprint density at radius 2 is 1.58 bits per heavy atom. The van der Waals surface area contributed by atoms with Crippen LogP contribution in [0.4, 0.5) is 5.69 Å². The number of aromatic nitrogens is 1. The number of rotatable bonds is 2. The fourth-order valence-electron chi connectivity index (χ4n) is 2.50. The van der Waals surface area contributed by atoms with Gasteiger partial charge in [-0.15, -0.1) is 0 Å². The third-order valence-corrected chi connectivity index (χ3v) is 3.79. The predicted octanol–water partition coefficient (Wildman–Crippen LogP) is 4.20. The molecule has 0 radical (unpaired) electrons. The van der Waals surface area contributed by atoms with E-state index in [0.29, 0.717) is 0 Å². The number of hydrogen-bond donors (Lipinski definition) is 1. The Morgan fingerprint density at radius 1 is 0.895 bits per heavy atom. The molecule has 0 fully saturated rings. The quantitative estimate of drug-likeness (QED) is 0.721. The van der Waals surface area contributed by atoms with E-state index in [1.54, 1.807) is 0 Å². The Bertz CT molecular complexity index is 721. The van der Waals surface area contributed by atoms with Gasteiger partial charge in [0.05, 0.1) is 0 Å². The average Bonchev–Trinajstić information content (AvgIpc) is 2.74. The molecule has 2 nitrogen and oxygen atoms in total. The van der Waals surface area contributed by atoms with Crippen LogP contribution >= 0.6 is 0 Å². The topological polar surface area (TPSA) is 17.0 Å². The monoisotopic (exact) mass is 250 g/mol. The van der Waals surface area contributed by atoms with Crippen LogP contribution in [0.25, 0.3) is 22.0 Å². The van der Waals surface area contributed by atoms with Crippen molar-refractivity contribution in [2.45, 2.75) is 6.92 Å².